The van der Waals surface area contributed by atoms with Gasteiger partial charge in [-0.15, -0.1) is 0 Å². The Labute approximate surface area is 186 Å². The third kappa shape index (κ3) is 4.08. The van der Waals surface area contributed by atoms with Crippen molar-refractivity contribution in [3.63, 3.8) is 0 Å². The minimum atomic E-state index is -0.795. The van der Waals surface area contributed by atoms with Crippen molar-refractivity contribution in [3.05, 3.63) is 102 Å². The van der Waals surface area contributed by atoms with Gasteiger partial charge >= 0.3 is 5.97 Å². The number of rotatable bonds is 7. The Hall–Kier alpha value is -4.05. The molecule has 0 radical (unpaired) electrons. The molecule has 0 aliphatic heterocycles. The van der Waals surface area contributed by atoms with Crippen molar-refractivity contribution in [2.24, 2.45) is 0 Å². The lowest BCUT2D eigenvalue weighted by Crippen LogP contribution is -2.00. The van der Waals surface area contributed by atoms with Crippen molar-refractivity contribution in [1.82, 2.24) is 4.98 Å². The fraction of sp³-hybridized carbons (Fsp3) is 0.107. The first-order valence-corrected chi connectivity index (χ1v) is 10.7. The van der Waals surface area contributed by atoms with Crippen LogP contribution in [0, 0.1) is 0 Å². The molecule has 0 saturated heterocycles. The summed E-state index contributed by atoms with van der Waals surface area (Å²) in [5.74, 6) is -0.0107. The summed E-state index contributed by atoms with van der Waals surface area (Å²) in [5.41, 5.74) is 5.20. The van der Waals surface area contributed by atoms with Crippen LogP contribution in [0.5, 0.6) is 5.75 Å². The maximum Gasteiger partial charge on any atom is 0.303 e. The number of fused-ring (bicyclic) bond motifs is 2. The van der Waals surface area contributed by atoms with Gasteiger partial charge in [0.15, 0.2) is 0 Å². The average Bonchev–Trinajstić information content (AvgIpc) is 3.29. The summed E-state index contributed by atoms with van der Waals surface area (Å²) in [4.78, 5) is 14.3. The maximum absolute atomic E-state index is 11.0. The SMILES string of the molecule is O=C(O)CCc1ccc(OCc2cccc3ccccc23)c(-c2ccc3[nH]ccc3c2)c1. The number of aromatic nitrogens is 1. The van der Waals surface area contributed by atoms with Gasteiger partial charge in [-0.3, -0.25) is 4.79 Å². The lowest BCUT2D eigenvalue weighted by atomic mass is 9.98. The first kappa shape index (κ1) is 19.9. The number of carboxylic acid groups (broad SMARTS) is 1. The van der Waals surface area contributed by atoms with Crippen molar-refractivity contribution in [1.29, 1.82) is 0 Å². The number of H-pyrrole nitrogens is 1. The topological polar surface area (TPSA) is 62.3 Å². The standard InChI is InChI=1S/C28H23NO3/c30-28(31)13-9-19-8-12-27(25(16-19)21-10-11-26-22(17-21)14-15-29-26)32-18-23-6-3-5-20-4-1-2-7-24(20)23/h1-8,10-12,14-17,29H,9,13,18H2,(H,30,31). The van der Waals surface area contributed by atoms with Gasteiger partial charge < -0.3 is 14.8 Å². The van der Waals surface area contributed by atoms with E-state index in [0.717, 1.165) is 38.9 Å². The number of aromatic amines is 1. The van der Waals surface area contributed by atoms with Gasteiger partial charge in [-0.1, -0.05) is 54.6 Å². The summed E-state index contributed by atoms with van der Waals surface area (Å²) in [6.07, 6.45) is 2.51. The quantitative estimate of drug-likeness (QED) is 0.312. The van der Waals surface area contributed by atoms with Crippen LogP contribution in [0.15, 0.2) is 91.1 Å². The van der Waals surface area contributed by atoms with Crippen molar-refractivity contribution in [3.8, 4) is 16.9 Å². The molecule has 0 aliphatic rings. The monoisotopic (exact) mass is 421 g/mol. The maximum atomic E-state index is 11.0. The van der Waals surface area contributed by atoms with Crippen LogP contribution in [0.3, 0.4) is 0 Å². The summed E-state index contributed by atoms with van der Waals surface area (Å²) in [6, 6.07) is 28.8. The summed E-state index contributed by atoms with van der Waals surface area (Å²) in [5, 5.41) is 12.6. The van der Waals surface area contributed by atoms with Gasteiger partial charge in [0.05, 0.1) is 0 Å². The molecule has 0 fully saturated rings. The van der Waals surface area contributed by atoms with Crippen LogP contribution in [0.25, 0.3) is 32.8 Å². The van der Waals surface area contributed by atoms with Crippen LogP contribution in [-0.4, -0.2) is 16.1 Å². The molecule has 0 amide bonds. The molecule has 1 heterocycles. The normalized spacial score (nSPS) is 11.1. The van der Waals surface area contributed by atoms with E-state index in [9.17, 15) is 4.79 Å². The number of ether oxygens (including phenoxy) is 1. The molecule has 4 aromatic carbocycles. The van der Waals surface area contributed by atoms with Gasteiger partial charge in [-0.2, -0.15) is 0 Å². The molecule has 4 nitrogen and oxygen atoms in total. The third-order valence-corrected chi connectivity index (χ3v) is 5.80. The highest BCUT2D eigenvalue weighted by Gasteiger charge is 2.11. The van der Waals surface area contributed by atoms with E-state index >= 15 is 0 Å². The van der Waals surface area contributed by atoms with Crippen LogP contribution < -0.4 is 4.74 Å². The molecule has 0 bridgehead atoms. The molecule has 158 valence electrons. The van der Waals surface area contributed by atoms with Gasteiger partial charge in [0, 0.05) is 23.7 Å². The number of aliphatic carboxylic acids is 1. The Balaban J connectivity index is 1.50. The Morgan fingerprint density at radius 1 is 0.875 bits per heavy atom. The number of benzene rings is 4. The first-order valence-electron chi connectivity index (χ1n) is 10.7. The lowest BCUT2D eigenvalue weighted by molar-refractivity contribution is -0.136. The minimum absolute atomic E-state index is 0.104. The van der Waals surface area contributed by atoms with E-state index in [2.05, 4.69) is 59.6 Å². The average molecular weight is 421 g/mol. The molecule has 5 aromatic rings. The smallest absolute Gasteiger partial charge is 0.303 e. The first-order chi connectivity index (χ1) is 15.7. The molecule has 0 aliphatic carbocycles. The predicted molar refractivity (Wildman–Crippen MR) is 128 cm³/mol. The van der Waals surface area contributed by atoms with Crippen molar-refractivity contribution in [2.45, 2.75) is 19.4 Å². The molecular formula is C28H23NO3. The Kier molecular flexibility index (Phi) is 5.34. The van der Waals surface area contributed by atoms with E-state index in [4.69, 9.17) is 9.84 Å². The number of aryl methyl sites for hydroxylation is 1. The molecule has 0 spiro atoms. The second kappa shape index (κ2) is 8.60. The number of carboxylic acids is 1. The molecule has 0 unspecified atom stereocenters. The van der Waals surface area contributed by atoms with Crippen molar-refractivity contribution >= 4 is 27.6 Å². The highest BCUT2D eigenvalue weighted by Crippen LogP contribution is 2.34. The third-order valence-electron chi connectivity index (χ3n) is 5.80. The second-order valence-electron chi connectivity index (χ2n) is 7.93. The van der Waals surface area contributed by atoms with E-state index < -0.39 is 5.97 Å². The zero-order valence-electron chi connectivity index (χ0n) is 17.5. The van der Waals surface area contributed by atoms with Gasteiger partial charge in [-0.25, -0.2) is 0 Å². The highest BCUT2D eigenvalue weighted by molar-refractivity contribution is 5.87. The number of carbonyl (C=O) groups is 1. The minimum Gasteiger partial charge on any atom is -0.488 e. The van der Waals surface area contributed by atoms with Crippen molar-refractivity contribution in [2.75, 3.05) is 0 Å². The molecular weight excluding hydrogens is 398 g/mol. The Morgan fingerprint density at radius 2 is 1.75 bits per heavy atom. The van der Waals surface area contributed by atoms with Gasteiger partial charge in [0.2, 0.25) is 0 Å². The molecule has 5 rings (SSSR count). The summed E-state index contributed by atoms with van der Waals surface area (Å²) in [7, 11) is 0. The van der Waals surface area contributed by atoms with Crippen LogP contribution in [-0.2, 0) is 17.8 Å². The molecule has 0 atom stereocenters. The van der Waals surface area contributed by atoms with E-state index in [-0.39, 0.29) is 6.42 Å². The van der Waals surface area contributed by atoms with Gasteiger partial charge in [0.25, 0.3) is 0 Å². The van der Waals surface area contributed by atoms with Crippen LogP contribution >= 0.6 is 0 Å². The molecule has 0 saturated carbocycles. The Bertz CT molecular complexity index is 1410. The molecule has 2 N–H and O–H groups in total. The van der Waals surface area contributed by atoms with E-state index in [1.165, 1.54) is 10.8 Å². The zero-order chi connectivity index (χ0) is 21.9. The second-order valence-corrected chi connectivity index (χ2v) is 7.93. The fourth-order valence-electron chi connectivity index (χ4n) is 4.13. The van der Waals surface area contributed by atoms with E-state index in [1.807, 2.05) is 36.5 Å². The van der Waals surface area contributed by atoms with Crippen molar-refractivity contribution < 1.29 is 14.6 Å². The van der Waals surface area contributed by atoms with Crippen LogP contribution in [0.1, 0.15) is 17.5 Å². The lowest BCUT2D eigenvalue weighted by Gasteiger charge is -2.15. The molecule has 4 heteroatoms. The zero-order valence-corrected chi connectivity index (χ0v) is 17.5. The molecule has 1 aromatic heterocycles. The predicted octanol–water partition coefficient (Wildman–Crippen LogP) is 6.58. The van der Waals surface area contributed by atoms with E-state index in [0.29, 0.717) is 13.0 Å². The van der Waals surface area contributed by atoms with Gasteiger partial charge in [0.1, 0.15) is 12.4 Å². The summed E-state index contributed by atoms with van der Waals surface area (Å²) < 4.78 is 6.34. The fourth-order valence-corrected chi connectivity index (χ4v) is 4.13. The number of nitrogens with one attached hydrogen (secondary N) is 1. The largest absolute Gasteiger partial charge is 0.488 e. The van der Waals surface area contributed by atoms with E-state index in [1.54, 1.807) is 0 Å². The number of hydrogen-bond acceptors (Lipinski definition) is 2. The summed E-state index contributed by atoms with van der Waals surface area (Å²) >= 11 is 0. The summed E-state index contributed by atoms with van der Waals surface area (Å²) in [6.45, 7) is 0.454. The number of hydrogen-bond donors (Lipinski definition) is 2. The Morgan fingerprint density at radius 3 is 2.66 bits per heavy atom. The highest BCUT2D eigenvalue weighted by atomic mass is 16.5. The van der Waals surface area contributed by atoms with Crippen LogP contribution in [0.2, 0.25) is 0 Å². The van der Waals surface area contributed by atoms with Crippen LogP contribution in [0.4, 0.5) is 0 Å². The molecule has 32 heavy (non-hydrogen) atoms. The van der Waals surface area contributed by atoms with Gasteiger partial charge in [-0.05, 0) is 69.6 Å².